The zero-order valence-electron chi connectivity index (χ0n) is 12.9. The van der Waals surface area contributed by atoms with Gasteiger partial charge in [-0.1, -0.05) is 11.6 Å². The van der Waals surface area contributed by atoms with Crippen LogP contribution in [-0.2, 0) is 25.4 Å². The van der Waals surface area contributed by atoms with Gasteiger partial charge < -0.3 is 9.30 Å². The van der Waals surface area contributed by atoms with E-state index in [1.54, 1.807) is 23.7 Å². The lowest BCUT2D eigenvalue weighted by atomic mass is 10.4. The summed E-state index contributed by atoms with van der Waals surface area (Å²) in [5, 5.41) is 0. The van der Waals surface area contributed by atoms with Gasteiger partial charge in [-0.25, -0.2) is 14.6 Å². The van der Waals surface area contributed by atoms with Crippen molar-refractivity contribution < 1.29 is 9.53 Å². The molecule has 3 aromatic rings. The molecule has 0 aliphatic heterocycles. The van der Waals surface area contributed by atoms with Crippen LogP contribution in [0.15, 0.2) is 28.0 Å². The number of fused-ring (bicyclic) bond motifs is 1. The molecule has 3 heterocycles. The number of carbonyl (C=O) groups excluding carboxylic acids is 1. The summed E-state index contributed by atoms with van der Waals surface area (Å²) in [4.78, 5) is 40.5. The summed E-state index contributed by atoms with van der Waals surface area (Å²) in [5.41, 5.74) is -0.310. The fourth-order valence-electron chi connectivity index (χ4n) is 2.30. The molecule has 0 unspecified atom stereocenters. The lowest BCUT2D eigenvalue weighted by molar-refractivity contribution is 0.0498. The molecule has 0 saturated heterocycles. The number of thiophene rings is 1. The molecule has 10 heteroatoms. The first-order valence-corrected chi connectivity index (χ1v) is 8.13. The van der Waals surface area contributed by atoms with Gasteiger partial charge in [0.05, 0.1) is 17.2 Å². The smallest absolute Gasteiger partial charge is 0.348 e. The molecule has 0 aliphatic carbocycles. The topological polar surface area (TPSA) is 88.1 Å². The number of nitrogens with zero attached hydrogens (tertiary/aromatic N) is 4. The third-order valence-corrected chi connectivity index (χ3v) is 4.77. The predicted molar refractivity (Wildman–Crippen MR) is 89.8 cm³/mol. The zero-order chi connectivity index (χ0) is 17.4. The highest BCUT2D eigenvalue weighted by Crippen LogP contribution is 2.21. The minimum Gasteiger partial charge on any atom is -0.460 e. The van der Waals surface area contributed by atoms with Crippen molar-refractivity contribution >= 4 is 40.1 Å². The normalized spacial score (nSPS) is 11.1. The molecule has 126 valence electrons. The van der Waals surface area contributed by atoms with E-state index in [-0.39, 0.29) is 18.7 Å². The van der Waals surface area contributed by atoms with Crippen LogP contribution < -0.4 is 11.2 Å². The van der Waals surface area contributed by atoms with E-state index in [4.69, 9.17) is 16.3 Å². The summed E-state index contributed by atoms with van der Waals surface area (Å²) < 4.78 is 9.55. The van der Waals surface area contributed by atoms with Gasteiger partial charge in [0.2, 0.25) is 0 Å². The SMILES string of the molecule is Cn1c(=O)c2c(ncn2CCOC(=O)c2ccc(Cl)s2)n(C)c1=O. The Bertz CT molecular complexity index is 1050. The first-order chi connectivity index (χ1) is 11.4. The van der Waals surface area contributed by atoms with Crippen LogP contribution in [0.4, 0.5) is 0 Å². The highest BCUT2D eigenvalue weighted by atomic mass is 35.5. The molecule has 0 fully saturated rings. The molecule has 0 aliphatic rings. The predicted octanol–water partition coefficient (Wildman–Crippen LogP) is 1.01. The third-order valence-electron chi connectivity index (χ3n) is 3.56. The summed E-state index contributed by atoms with van der Waals surface area (Å²) in [5.74, 6) is -0.475. The van der Waals surface area contributed by atoms with Gasteiger partial charge in [0, 0.05) is 14.1 Å². The Kier molecular flexibility index (Phi) is 4.29. The molecule has 3 aromatic heterocycles. The highest BCUT2D eigenvalue weighted by molar-refractivity contribution is 7.17. The van der Waals surface area contributed by atoms with Crippen molar-refractivity contribution in [2.24, 2.45) is 14.1 Å². The molecule has 0 atom stereocenters. The summed E-state index contributed by atoms with van der Waals surface area (Å²) in [6.45, 7) is 0.306. The second-order valence-electron chi connectivity index (χ2n) is 5.06. The van der Waals surface area contributed by atoms with E-state index in [0.717, 1.165) is 15.9 Å². The first kappa shape index (κ1) is 16.5. The second kappa shape index (κ2) is 6.25. The Balaban J connectivity index is 1.80. The average molecular weight is 369 g/mol. The van der Waals surface area contributed by atoms with Gasteiger partial charge in [0.25, 0.3) is 5.56 Å². The van der Waals surface area contributed by atoms with Crippen molar-refractivity contribution in [2.45, 2.75) is 6.54 Å². The maximum atomic E-state index is 12.3. The van der Waals surface area contributed by atoms with Crippen LogP contribution in [0, 0.1) is 0 Å². The monoisotopic (exact) mass is 368 g/mol. The van der Waals surface area contributed by atoms with Gasteiger partial charge >= 0.3 is 11.7 Å². The lowest BCUT2D eigenvalue weighted by Gasteiger charge is -2.07. The molecular formula is C14H13ClN4O4S. The molecule has 0 spiro atoms. The molecule has 3 rings (SSSR count). The van der Waals surface area contributed by atoms with E-state index >= 15 is 0 Å². The minimum absolute atomic E-state index is 0.0613. The largest absolute Gasteiger partial charge is 0.460 e. The van der Waals surface area contributed by atoms with Crippen molar-refractivity contribution in [3.8, 4) is 0 Å². The summed E-state index contributed by atoms with van der Waals surface area (Å²) >= 11 is 6.91. The fraction of sp³-hybridized carbons (Fsp3) is 0.286. The molecule has 0 saturated carbocycles. The molecule has 8 nitrogen and oxygen atoms in total. The quantitative estimate of drug-likeness (QED) is 0.641. The lowest BCUT2D eigenvalue weighted by Crippen LogP contribution is -2.37. The van der Waals surface area contributed by atoms with Crippen LogP contribution >= 0.6 is 22.9 Å². The number of hydrogen-bond acceptors (Lipinski definition) is 6. The fourth-order valence-corrected chi connectivity index (χ4v) is 3.24. The molecule has 24 heavy (non-hydrogen) atoms. The third kappa shape index (κ3) is 2.76. The first-order valence-electron chi connectivity index (χ1n) is 6.93. The van der Waals surface area contributed by atoms with Gasteiger partial charge in [-0.05, 0) is 12.1 Å². The van der Waals surface area contributed by atoms with Crippen molar-refractivity contribution in [3.63, 3.8) is 0 Å². The van der Waals surface area contributed by atoms with Crippen molar-refractivity contribution in [3.05, 3.63) is 48.5 Å². The number of halogens is 1. The number of esters is 1. The van der Waals surface area contributed by atoms with Gasteiger partial charge in [-0.3, -0.25) is 13.9 Å². The number of rotatable bonds is 4. The van der Waals surface area contributed by atoms with E-state index < -0.39 is 17.2 Å². The molecule has 0 radical (unpaired) electrons. The maximum absolute atomic E-state index is 12.3. The van der Waals surface area contributed by atoms with Crippen LogP contribution in [0.2, 0.25) is 4.34 Å². The molecule has 0 amide bonds. The zero-order valence-corrected chi connectivity index (χ0v) is 14.4. The van der Waals surface area contributed by atoms with E-state index in [2.05, 4.69) is 4.98 Å². The maximum Gasteiger partial charge on any atom is 0.348 e. The van der Waals surface area contributed by atoms with Gasteiger partial charge in [-0.2, -0.15) is 0 Å². The Morgan fingerprint density at radius 1 is 1.29 bits per heavy atom. The van der Waals surface area contributed by atoms with Crippen molar-refractivity contribution in [1.29, 1.82) is 0 Å². The van der Waals surface area contributed by atoms with Crippen LogP contribution in [0.1, 0.15) is 9.67 Å². The number of aromatic nitrogens is 4. The number of imidazole rings is 1. The number of hydrogen-bond donors (Lipinski definition) is 0. The summed E-state index contributed by atoms with van der Waals surface area (Å²) in [6.07, 6.45) is 1.45. The average Bonchev–Trinajstić information content (AvgIpc) is 3.17. The Labute approximate surface area is 144 Å². The van der Waals surface area contributed by atoms with Crippen molar-refractivity contribution in [1.82, 2.24) is 18.7 Å². The highest BCUT2D eigenvalue weighted by Gasteiger charge is 2.15. The number of ether oxygens (including phenoxy) is 1. The summed E-state index contributed by atoms with van der Waals surface area (Å²) in [6, 6.07) is 3.21. The van der Waals surface area contributed by atoms with E-state index in [0.29, 0.717) is 14.9 Å². The Morgan fingerprint density at radius 2 is 2.04 bits per heavy atom. The molecule has 0 bridgehead atoms. The van der Waals surface area contributed by atoms with Gasteiger partial charge in [0.1, 0.15) is 11.5 Å². The van der Waals surface area contributed by atoms with E-state index in [1.165, 1.54) is 17.9 Å². The number of aryl methyl sites for hydroxylation is 1. The second-order valence-corrected chi connectivity index (χ2v) is 6.77. The van der Waals surface area contributed by atoms with Gasteiger partial charge in [-0.15, -0.1) is 11.3 Å². The molecular weight excluding hydrogens is 356 g/mol. The molecule has 0 aromatic carbocycles. The van der Waals surface area contributed by atoms with Crippen LogP contribution in [0.5, 0.6) is 0 Å². The summed E-state index contributed by atoms with van der Waals surface area (Å²) in [7, 11) is 2.95. The molecule has 0 N–H and O–H groups in total. The van der Waals surface area contributed by atoms with E-state index in [9.17, 15) is 14.4 Å². The van der Waals surface area contributed by atoms with Gasteiger partial charge in [0.15, 0.2) is 11.2 Å². The Hall–Kier alpha value is -2.39. The standard InChI is InChI=1S/C14H13ClN4O4S/c1-17-11-10(12(20)18(2)14(17)22)19(7-16-11)5-6-23-13(21)8-3-4-9(15)24-8/h3-4,7H,5-6H2,1-2H3. The van der Waals surface area contributed by atoms with Crippen LogP contribution in [0.25, 0.3) is 11.2 Å². The van der Waals surface area contributed by atoms with Crippen LogP contribution in [-0.4, -0.2) is 31.3 Å². The number of carbonyl (C=O) groups is 1. The minimum atomic E-state index is -0.475. The van der Waals surface area contributed by atoms with Crippen LogP contribution in [0.3, 0.4) is 0 Å². The van der Waals surface area contributed by atoms with Crippen molar-refractivity contribution in [2.75, 3.05) is 6.61 Å². The van der Waals surface area contributed by atoms with E-state index in [1.807, 2.05) is 0 Å². The Morgan fingerprint density at radius 3 is 2.71 bits per heavy atom.